The second kappa shape index (κ2) is 18.6. The quantitative estimate of drug-likeness (QED) is 0.0591. The summed E-state index contributed by atoms with van der Waals surface area (Å²) < 4.78 is 0. The van der Waals surface area contributed by atoms with Crippen molar-refractivity contribution in [3.8, 4) is 0 Å². The van der Waals surface area contributed by atoms with Crippen LogP contribution in [0.3, 0.4) is 0 Å². The van der Waals surface area contributed by atoms with Gasteiger partial charge in [-0.3, -0.25) is 38.4 Å². The number of aliphatic hydroxyl groups is 2. The monoisotopic (exact) mass is 636 g/mol. The van der Waals surface area contributed by atoms with Crippen molar-refractivity contribution in [2.45, 2.75) is 81.9 Å². The molecule has 0 spiro atoms. The molecule has 0 aliphatic heterocycles. The number of hydrogen-bond acceptors (Lipinski definition) is 12. The maximum atomic E-state index is 13.0. The van der Waals surface area contributed by atoms with Crippen molar-refractivity contribution in [3.05, 3.63) is 0 Å². The maximum absolute atomic E-state index is 13.0. The van der Waals surface area contributed by atoms with Crippen molar-refractivity contribution in [1.29, 1.82) is 0 Å². The van der Waals surface area contributed by atoms with Crippen LogP contribution in [0.4, 0.5) is 0 Å². The highest BCUT2D eigenvalue weighted by atomic mass is 16.4. The summed E-state index contributed by atoms with van der Waals surface area (Å²) in [5.74, 6) is -12.4. The van der Waals surface area contributed by atoms with Gasteiger partial charge in [0.1, 0.15) is 36.3 Å². The van der Waals surface area contributed by atoms with Crippen LogP contribution in [0.1, 0.15) is 39.5 Å². The van der Waals surface area contributed by atoms with Gasteiger partial charge in [0.15, 0.2) is 0 Å². The van der Waals surface area contributed by atoms with Crippen molar-refractivity contribution in [3.63, 3.8) is 0 Å². The summed E-state index contributed by atoms with van der Waals surface area (Å²) in [6.07, 6.45) is -5.26. The van der Waals surface area contributed by atoms with E-state index in [2.05, 4.69) is 5.32 Å². The predicted molar refractivity (Wildman–Crippen MR) is 141 cm³/mol. The van der Waals surface area contributed by atoms with Gasteiger partial charge < -0.3 is 63.0 Å². The molecule has 0 saturated carbocycles. The Morgan fingerprint density at radius 3 is 1.55 bits per heavy atom. The molecular weight excluding hydrogens is 600 g/mol. The minimum absolute atomic E-state index is 0.645. The highest BCUT2D eigenvalue weighted by Gasteiger charge is 2.35. The highest BCUT2D eigenvalue weighted by molar-refractivity contribution is 5.97. The number of carbonyl (C=O) groups excluding carboxylic acids is 5. The SMILES string of the molecule is C[C@H](NC(=O)[C@@H](N)CO)C(=O)N[C@@H](CC(=O)O)C(=O)N[C@H](C(=O)N[C@@H](CCC(=O)O)C(=O)N[C@@H](CC(=O)O)C(=O)O)[C@@H](C)O. The Morgan fingerprint density at radius 1 is 0.614 bits per heavy atom. The van der Waals surface area contributed by atoms with E-state index in [9.17, 15) is 53.4 Å². The van der Waals surface area contributed by atoms with Crippen LogP contribution in [0.2, 0.25) is 0 Å². The summed E-state index contributed by atoms with van der Waals surface area (Å²) in [5, 5.41) is 65.2. The summed E-state index contributed by atoms with van der Waals surface area (Å²) in [4.78, 5) is 107. The van der Waals surface area contributed by atoms with Gasteiger partial charge in [0.05, 0.1) is 25.6 Å². The number of aliphatic carboxylic acids is 4. The molecule has 7 atom stereocenters. The van der Waals surface area contributed by atoms with E-state index in [1.165, 1.54) is 0 Å². The number of carbonyl (C=O) groups is 9. The number of rotatable bonds is 20. The van der Waals surface area contributed by atoms with E-state index in [4.69, 9.17) is 26.2 Å². The minimum atomic E-state index is -1.97. The van der Waals surface area contributed by atoms with Crippen molar-refractivity contribution in [2.75, 3.05) is 6.61 Å². The van der Waals surface area contributed by atoms with Crippen LogP contribution in [0.25, 0.3) is 0 Å². The number of amides is 5. The maximum Gasteiger partial charge on any atom is 0.326 e. The van der Waals surface area contributed by atoms with Crippen LogP contribution >= 0.6 is 0 Å². The van der Waals surface area contributed by atoms with Gasteiger partial charge in [0.25, 0.3) is 0 Å². The van der Waals surface area contributed by atoms with E-state index in [-0.39, 0.29) is 0 Å². The number of hydrogen-bond donors (Lipinski definition) is 12. The fourth-order valence-electron chi connectivity index (χ4n) is 3.25. The third-order valence-corrected chi connectivity index (χ3v) is 5.63. The summed E-state index contributed by atoms with van der Waals surface area (Å²) in [6.45, 7) is 1.39. The molecule has 0 unspecified atom stereocenters. The molecule has 5 amide bonds. The lowest BCUT2D eigenvalue weighted by Gasteiger charge is -2.27. The van der Waals surface area contributed by atoms with Crippen molar-refractivity contribution in [2.24, 2.45) is 5.73 Å². The van der Waals surface area contributed by atoms with Crippen molar-refractivity contribution < 1.29 is 73.8 Å². The number of carboxylic acid groups (broad SMARTS) is 4. The Morgan fingerprint density at radius 2 is 1.09 bits per heavy atom. The molecule has 0 radical (unpaired) electrons. The van der Waals surface area contributed by atoms with Gasteiger partial charge in [-0.15, -0.1) is 0 Å². The molecule has 248 valence electrons. The Kier molecular flexibility index (Phi) is 16.5. The fraction of sp³-hybridized carbons (Fsp3) is 0.609. The molecule has 0 saturated heterocycles. The number of nitrogens with one attached hydrogen (secondary N) is 5. The lowest BCUT2D eigenvalue weighted by molar-refractivity contribution is -0.147. The molecule has 0 aliphatic rings. The first-order valence-corrected chi connectivity index (χ1v) is 12.7. The average molecular weight is 637 g/mol. The number of nitrogens with two attached hydrogens (primary N) is 1. The number of carboxylic acids is 4. The first-order valence-electron chi connectivity index (χ1n) is 12.7. The zero-order chi connectivity index (χ0) is 34.3. The van der Waals surface area contributed by atoms with E-state index in [1.54, 1.807) is 0 Å². The fourth-order valence-corrected chi connectivity index (χ4v) is 3.25. The lowest BCUT2D eigenvalue weighted by Crippen LogP contribution is -2.61. The zero-order valence-corrected chi connectivity index (χ0v) is 23.5. The van der Waals surface area contributed by atoms with E-state index < -0.39 is 128 Å². The van der Waals surface area contributed by atoms with Crippen molar-refractivity contribution >= 4 is 53.4 Å². The zero-order valence-electron chi connectivity index (χ0n) is 23.5. The van der Waals surface area contributed by atoms with Crippen LogP contribution in [0, 0.1) is 0 Å². The average Bonchev–Trinajstić information content (AvgIpc) is 2.91. The van der Waals surface area contributed by atoms with Crippen molar-refractivity contribution in [1.82, 2.24) is 26.6 Å². The van der Waals surface area contributed by atoms with Crippen LogP contribution in [0.15, 0.2) is 0 Å². The van der Waals surface area contributed by atoms with Gasteiger partial charge in [0, 0.05) is 6.42 Å². The molecule has 0 aromatic heterocycles. The third kappa shape index (κ3) is 14.3. The predicted octanol–water partition coefficient (Wildman–Crippen LogP) is -5.97. The summed E-state index contributed by atoms with van der Waals surface area (Å²) >= 11 is 0. The van der Waals surface area contributed by atoms with Crippen LogP contribution in [-0.2, 0) is 43.2 Å². The molecule has 0 heterocycles. The summed E-state index contributed by atoms with van der Waals surface area (Å²) in [6, 6.07) is -10.4. The van der Waals surface area contributed by atoms with Gasteiger partial charge in [-0.1, -0.05) is 0 Å². The molecule has 0 aliphatic carbocycles. The van der Waals surface area contributed by atoms with Crippen LogP contribution in [-0.4, -0.2) is 133 Å². The third-order valence-electron chi connectivity index (χ3n) is 5.63. The highest BCUT2D eigenvalue weighted by Crippen LogP contribution is 2.05. The molecule has 0 aromatic carbocycles. The van der Waals surface area contributed by atoms with E-state index in [1.807, 2.05) is 21.3 Å². The Labute approximate surface area is 248 Å². The molecule has 21 nitrogen and oxygen atoms in total. The normalized spacial score (nSPS) is 15.5. The molecule has 0 aromatic rings. The molecular formula is C23H36N6O15. The Balaban J connectivity index is 5.88. The van der Waals surface area contributed by atoms with Gasteiger partial charge >= 0.3 is 23.9 Å². The molecule has 21 heteroatoms. The Hall–Kier alpha value is -4.89. The van der Waals surface area contributed by atoms with Gasteiger partial charge in [-0.25, -0.2) is 4.79 Å². The molecule has 0 bridgehead atoms. The van der Waals surface area contributed by atoms with E-state index in [0.717, 1.165) is 13.8 Å². The number of aliphatic hydroxyl groups excluding tert-OH is 2. The molecule has 0 fully saturated rings. The van der Waals surface area contributed by atoms with Gasteiger partial charge in [-0.05, 0) is 20.3 Å². The Bertz CT molecular complexity index is 1110. The molecule has 13 N–H and O–H groups in total. The van der Waals surface area contributed by atoms with Gasteiger partial charge in [-0.2, -0.15) is 0 Å². The van der Waals surface area contributed by atoms with E-state index in [0.29, 0.717) is 0 Å². The minimum Gasteiger partial charge on any atom is -0.481 e. The van der Waals surface area contributed by atoms with E-state index >= 15 is 0 Å². The smallest absolute Gasteiger partial charge is 0.326 e. The second-order valence-corrected chi connectivity index (χ2v) is 9.40. The second-order valence-electron chi connectivity index (χ2n) is 9.40. The standard InChI is InChI=1S/C23H36N6O15/c1-8(25-19(39)10(24)7-30)18(38)27-12(5-15(34)35)21(41)29-17(9(2)31)22(42)26-11(3-4-14(32)33)20(40)28-13(23(43)44)6-16(36)37/h8-13,17,30-31H,3-7,24H2,1-2H3,(H,25,39)(H,26,42)(H,27,38)(H,28,40)(H,29,41)(H,32,33)(H,34,35)(H,36,37)(H,43,44)/t8-,9+,10-,11-,12-,13-,17-/m0/s1. The van der Waals surface area contributed by atoms with Crippen LogP contribution < -0.4 is 32.3 Å². The molecule has 44 heavy (non-hydrogen) atoms. The topological polar surface area (TPSA) is 361 Å². The first-order chi connectivity index (χ1) is 20.3. The van der Waals surface area contributed by atoms with Crippen LogP contribution in [0.5, 0.6) is 0 Å². The summed E-state index contributed by atoms with van der Waals surface area (Å²) in [7, 11) is 0. The lowest BCUT2D eigenvalue weighted by atomic mass is 10.1. The van der Waals surface area contributed by atoms with Gasteiger partial charge in [0.2, 0.25) is 29.5 Å². The molecule has 0 rings (SSSR count). The first kappa shape index (κ1) is 39.1. The largest absolute Gasteiger partial charge is 0.481 e. The summed E-state index contributed by atoms with van der Waals surface area (Å²) in [5.41, 5.74) is 5.33.